The molecule has 0 aliphatic carbocycles. The topological polar surface area (TPSA) is 9.23 Å². The summed E-state index contributed by atoms with van der Waals surface area (Å²) in [5.41, 5.74) is 0. The van der Waals surface area contributed by atoms with Gasteiger partial charge >= 0.3 is 6.18 Å². The van der Waals surface area contributed by atoms with Crippen LogP contribution in [0, 0.1) is 6.92 Å². The quantitative estimate of drug-likeness (QED) is 0.630. The van der Waals surface area contributed by atoms with Gasteiger partial charge in [0.05, 0.1) is 6.10 Å². The van der Waals surface area contributed by atoms with E-state index >= 15 is 0 Å². The second-order valence-electron chi connectivity index (χ2n) is 2.53. The predicted octanol–water partition coefficient (Wildman–Crippen LogP) is 2.91. The normalized spacial score (nSPS) is 14.5. The molecular weight excluding hydrogens is 201 g/mol. The van der Waals surface area contributed by atoms with Crippen LogP contribution in [0.4, 0.5) is 13.2 Å². The highest BCUT2D eigenvalue weighted by atomic mass is 32.2. The summed E-state index contributed by atoms with van der Waals surface area (Å²) in [6.45, 7) is 4.28. The fourth-order valence-corrected chi connectivity index (χ4v) is 1.37. The highest BCUT2D eigenvalue weighted by molar-refractivity contribution is 7.99. The summed E-state index contributed by atoms with van der Waals surface area (Å²) in [6, 6.07) is 0. The maximum Gasteiger partial charge on any atom is 0.411 e. The van der Waals surface area contributed by atoms with Crippen molar-refractivity contribution >= 4 is 11.8 Å². The average molecular weight is 215 g/mol. The van der Waals surface area contributed by atoms with Crippen LogP contribution in [0.5, 0.6) is 0 Å². The summed E-state index contributed by atoms with van der Waals surface area (Å²) in [5, 5.41) is 0. The van der Waals surface area contributed by atoms with Gasteiger partial charge in [-0.2, -0.15) is 24.9 Å². The van der Waals surface area contributed by atoms with E-state index in [2.05, 4.69) is 11.7 Å². The molecule has 1 nitrogen and oxygen atoms in total. The number of hydrogen-bond acceptors (Lipinski definition) is 2. The Morgan fingerprint density at radius 2 is 2.08 bits per heavy atom. The molecular formula is C8H14F3OS. The van der Waals surface area contributed by atoms with Crippen molar-refractivity contribution in [2.45, 2.75) is 25.6 Å². The third-order valence-corrected chi connectivity index (χ3v) is 2.20. The molecule has 5 heteroatoms. The summed E-state index contributed by atoms with van der Waals surface area (Å²) >= 11 is 1.67. The molecule has 0 spiro atoms. The predicted molar refractivity (Wildman–Crippen MR) is 48.8 cm³/mol. The van der Waals surface area contributed by atoms with Crippen LogP contribution < -0.4 is 0 Å². The van der Waals surface area contributed by atoms with Gasteiger partial charge < -0.3 is 4.74 Å². The van der Waals surface area contributed by atoms with Crippen LogP contribution in [-0.2, 0) is 4.74 Å². The van der Waals surface area contributed by atoms with E-state index in [1.165, 1.54) is 0 Å². The van der Waals surface area contributed by atoms with Gasteiger partial charge in [-0.15, -0.1) is 0 Å². The first kappa shape index (κ1) is 13.1. The molecule has 0 aromatic heterocycles. The van der Waals surface area contributed by atoms with E-state index in [-0.39, 0.29) is 0 Å². The Bertz CT molecular complexity index is 127. The van der Waals surface area contributed by atoms with Crippen molar-refractivity contribution in [2.75, 3.05) is 18.1 Å². The average Bonchev–Trinajstić information content (AvgIpc) is 2.00. The molecule has 0 aromatic rings. The lowest BCUT2D eigenvalue weighted by Gasteiger charge is -2.13. The molecule has 79 valence electrons. The van der Waals surface area contributed by atoms with E-state index in [0.717, 1.165) is 11.5 Å². The van der Waals surface area contributed by atoms with Gasteiger partial charge in [0, 0.05) is 0 Å². The van der Waals surface area contributed by atoms with Gasteiger partial charge in [-0.05, 0) is 24.9 Å². The van der Waals surface area contributed by atoms with Crippen molar-refractivity contribution in [3.63, 3.8) is 0 Å². The van der Waals surface area contributed by atoms with Gasteiger partial charge in [0.2, 0.25) is 0 Å². The van der Waals surface area contributed by atoms with Crippen molar-refractivity contribution in [3.8, 4) is 0 Å². The lowest BCUT2D eigenvalue weighted by Crippen LogP contribution is -2.22. The van der Waals surface area contributed by atoms with Gasteiger partial charge in [0.15, 0.2) is 0 Å². The van der Waals surface area contributed by atoms with Gasteiger partial charge in [-0.25, -0.2) is 0 Å². The minimum absolute atomic E-state index is 0.555. The third kappa shape index (κ3) is 10.0. The Labute approximate surface area is 81.0 Å². The van der Waals surface area contributed by atoms with Crippen LogP contribution in [0.3, 0.4) is 0 Å². The molecule has 0 rings (SSSR count). The Kier molecular flexibility index (Phi) is 6.59. The maximum atomic E-state index is 11.6. The highest BCUT2D eigenvalue weighted by Gasteiger charge is 2.28. The van der Waals surface area contributed by atoms with E-state index < -0.39 is 18.9 Å². The van der Waals surface area contributed by atoms with Crippen molar-refractivity contribution < 1.29 is 17.9 Å². The molecule has 0 saturated heterocycles. The van der Waals surface area contributed by atoms with Crippen LogP contribution in [0.25, 0.3) is 0 Å². The zero-order valence-corrected chi connectivity index (χ0v) is 8.38. The third-order valence-electron chi connectivity index (χ3n) is 1.27. The Hall–Kier alpha value is 0.100. The molecule has 0 saturated carbocycles. The van der Waals surface area contributed by atoms with E-state index in [1.54, 1.807) is 11.8 Å². The van der Waals surface area contributed by atoms with Crippen molar-refractivity contribution in [1.82, 2.24) is 0 Å². The number of ether oxygens (including phenoxy) is 1. The summed E-state index contributed by atoms with van der Waals surface area (Å²) in [5.74, 6) is 1.76. The molecule has 0 aliphatic heterocycles. The monoisotopic (exact) mass is 215 g/mol. The standard InChI is InChI=1S/C8H14F3OS/c1-3-13-5-4-7(2)12-6-8(9,10)11/h7H,2-6H2,1H3. The van der Waals surface area contributed by atoms with Crippen LogP contribution in [0.2, 0.25) is 0 Å². The lowest BCUT2D eigenvalue weighted by molar-refractivity contribution is -0.181. The van der Waals surface area contributed by atoms with Gasteiger partial charge in [-0.1, -0.05) is 6.92 Å². The first-order valence-corrected chi connectivity index (χ1v) is 5.20. The van der Waals surface area contributed by atoms with Crippen molar-refractivity contribution in [2.24, 2.45) is 0 Å². The highest BCUT2D eigenvalue weighted by Crippen LogP contribution is 2.16. The van der Waals surface area contributed by atoms with E-state index in [4.69, 9.17) is 0 Å². The Balaban J connectivity index is 3.35. The van der Waals surface area contributed by atoms with Gasteiger partial charge in [0.25, 0.3) is 0 Å². The summed E-state index contributed by atoms with van der Waals surface area (Å²) in [6.07, 6.45) is -4.23. The van der Waals surface area contributed by atoms with Crippen molar-refractivity contribution in [3.05, 3.63) is 6.92 Å². The smallest absolute Gasteiger partial charge is 0.369 e. The number of thioether (sulfide) groups is 1. The minimum Gasteiger partial charge on any atom is -0.369 e. The van der Waals surface area contributed by atoms with Crippen LogP contribution in [0.15, 0.2) is 0 Å². The van der Waals surface area contributed by atoms with Gasteiger partial charge in [-0.3, -0.25) is 0 Å². The van der Waals surface area contributed by atoms with Crippen LogP contribution in [-0.4, -0.2) is 30.4 Å². The van der Waals surface area contributed by atoms with Gasteiger partial charge in [0.1, 0.15) is 6.61 Å². The van der Waals surface area contributed by atoms with Crippen LogP contribution in [0.1, 0.15) is 13.3 Å². The fraction of sp³-hybridized carbons (Fsp3) is 0.875. The SMILES string of the molecule is [CH2]C(CCSCC)OCC(F)(F)F. The van der Waals surface area contributed by atoms with E-state index in [1.807, 2.05) is 6.92 Å². The largest absolute Gasteiger partial charge is 0.411 e. The zero-order valence-electron chi connectivity index (χ0n) is 7.56. The Morgan fingerprint density at radius 3 is 2.54 bits per heavy atom. The molecule has 0 bridgehead atoms. The van der Waals surface area contributed by atoms with E-state index in [0.29, 0.717) is 6.42 Å². The van der Waals surface area contributed by atoms with E-state index in [9.17, 15) is 13.2 Å². The second kappa shape index (κ2) is 6.54. The number of hydrogen-bond donors (Lipinski definition) is 0. The second-order valence-corrected chi connectivity index (χ2v) is 3.93. The molecule has 0 amide bonds. The minimum atomic E-state index is -4.24. The molecule has 0 heterocycles. The Morgan fingerprint density at radius 1 is 1.46 bits per heavy atom. The lowest BCUT2D eigenvalue weighted by atomic mass is 10.3. The molecule has 13 heavy (non-hydrogen) atoms. The maximum absolute atomic E-state index is 11.6. The molecule has 0 fully saturated rings. The molecule has 1 unspecified atom stereocenters. The summed E-state index contributed by atoms with van der Waals surface area (Å²) in [7, 11) is 0. The molecule has 0 aliphatic rings. The molecule has 1 atom stereocenters. The van der Waals surface area contributed by atoms with Crippen molar-refractivity contribution in [1.29, 1.82) is 0 Å². The summed E-state index contributed by atoms with van der Waals surface area (Å²) in [4.78, 5) is 0. The molecule has 0 aromatic carbocycles. The summed E-state index contributed by atoms with van der Waals surface area (Å²) < 4.78 is 39.4. The number of alkyl halides is 3. The zero-order chi connectivity index (χ0) is 10.3. The first-order valence-electron chi connectivity index (χ1n) is 4.05. The van der Waals surface area contributed by atoms with Crippen LogP contribution >= 0.6 is 11.8 Å². The molecule has 0 N–H and O–H groups in total. The number of rotatable bonds is 6. The molecule has 1 radical (unpaired) electrons. The fourth-order valence-electron chi connectivity index (χ4n) is 0.655. The number of halogens is 3. The first-order chi connectivity index (χ1) is 5.95.